The van der Waals surface area contributed by atoms with Gasteiger partial charge in [-0.15, -0.1) is 0 Å². The SMILES string of the molecule is CCOC(=O)c1sc(NC(=[NH+]C)c2ccco2)cc1C. The fourth-order valence-corrected chi connectivity index (χ4v) is 2.71. The van der Waals surface area contributed by atoms with Gasteiger partial charge in [-0.05, 0) is 31.5 Å². The smallest absolute Gasteiger partial charge is 0.348 e. The van der Waals surface area contributed by atoms with Gasteiger partial charge in [0.15, 0.2) is 5.00 Å². The number of anilines is 1. The summed E-state index contributed by atoms with van der Waals surface area (Å²) in [5.74, 6) is 1.16. The molecule has 20 heavy (non-hydrogen) atoms. The Hall–Kier alpha value is -2.08. The lowest BCUT2D eigenvalue weighted by molar-refractivity contribution is -0.419. The summed E-state index contributed by atoms with van der Waals surface area (Å²) < 4.78 is 10.4. The van der Waals surface area contributed by atoms with Crippen molar-refractivity contribution in [2.24, 2.45) is 0 Å². The quantitative estimate of drug-likeness (QED) is 0.508. The average molecular weight is 293 g/mol. The summed E-state index contributed by atoms with van der Waals surface area (Å²) in [4.78, 5) is 15.4. The maximum absolute atomic E-state index is 11.8. The molecule has 2 aromatic rings. The number of hydrogen-bond donors (Lipinski definition) is 2. The van der Waals surface area contributed by atoms with Gasteiger partial charge in [0.2, 0.25) is 5.76 Å². The number of thiophene rings is 1. The van der Waals surface area contributed by atoms with E-state index < -0.39 is 0 Å². The summed E-state index contributed by atoms with van der Waals surface area (Å²) in [6.45, 7) is 4.06. The number of aryl methyl sites for hydroxylation is 1. The highest BCUT2D eigenvalue weighted by Gasteiger charge is 2.19. The molecule has 2 rings (SSSR count). The molecule has 6 heteroatoms. The van der Waals surface area contributed by atoms with Crippen molar-refractivity contribution in [3.63, 3.8) is 0 Å². The third-order valence-electron chi connectivity index (χ3n) is 2.64. The third-order valence-corrected chi connectivity index (χ3v) is 3.78. The number of carbonyl (C=O) groups excluding carboxylic acids is 1. The lowest BCUT2D eigenvalue weighted by Gasteiger charge is -1.98. The lowest BCUT2D eigenvalue weighted by Crippen LogP contribution is -2.70. The number of nitrogens with one attached hydrogen (secondary N) is 2. The number of furan rings is 1. The van der Waals surface area contributed by atoms with Gasteiger partial charge in [-0.1, -0.05) is 11.3 Å². The molecular weight excluding hydrogens is 276 g/mol. The van der Waals surface area contributed by atoms with Crippen molar-refractivity contribution in [1.82, 2.24) is 0 Å². The number of hydrogen-bond acceptors (Lipinski definition) is 4. The molecule has 0 radical (unpaired) electrons. The van der Waals surface area contributed by atoms with Gasteiger partial charge >= 0.3 is 11.8 Å². The molecule has 2 N–H and O–H groups in total. The fourth-order valence-electron chi connectivity index (χ4n) is 1.73. The highest BCUT2D eigenvalue weighted by molar-refractivity contribution is 7.18. The fraction of sp³-hybridized carbons (Fsp3) is 0.286. The molecule has 0 aromatic carbocycles. The minimum absolute atomic E-state index is 0.285. The second kappa shape index (κ2) is 6.38. The summed E-state index contributed by atoms with van der Waals surface area (Å²) in [7, 11) is 1.80. The van der Waals surface area contributed by atoms with E-state index >= 15 is 0 Å². The standard InChI is InChI=1S/C14H16N2O3S/c1-4-18-14(17)12-9(2)8-11(20-12)16-13(15-3)10-6-5-7-19-10/h5-8H,4H2,1-3H3,(H,15,16)/p+1. The van der Waals surface area contributed by atoms with Gasteiger partial charge in [-0.25, -0.2) is 10.1 Å². The Morgan fingerprint density at radius 2 is 2.35 bits per heavy atom. The summed E-state index contributed by atoms with van der Waals surface area (Å²) >= 11 is 1.36. The maximum Gasteiger partial charge on any atom is 0.348 e. The van der Waals surface area contributed by atoms with Crippen molar-refractivity contribution in [1.29, 1.82) is 0 Å². The molecule has 0 spiro atoms. The van der Waals surface area contributed by atoms with E-state index in [1.165, 1.54) is 11.3 Å². The molecule has 5 nitrogen and oxygen atoms in total. The Morgan fingerprint density at radius 1 is 1.55 bits per heavy atom. The topological polar surface area (TPSA) is 65.4 Å². The van der Waals surface area contributed by atoms with Crippen molar-refractivity contribution in [2.45, 2.75) is 13.8 Å². The van der Waals surface area contributed by atoms with Gasteiger partial charge in [0.05, 0.1) is 19.9 Å². The summed E-state index contributed by atoms with van der Waals surface area (Å²) in [5, 5.41) is 4.06. The highest BCUT2D eigenvalue weighted by Crippen LogP contribution is 2.27. The molecule has 2 heterocycles. The van der Waals surface area contributed by atoms with Gasteiger partial charge in [0.1, 0.15) is 4.88 Å². The first-order valence-corrected chi connectivity index (χ1v) is 7.10. The first kappa shape index (κ1) is 14.3. The van der Waals surface area contributed by atoms with Gasteiger partial charge < -0.3 is 9.15 Å². The van der Waals surface area contributed by atoms with Crippen LogP contribution in [0.5, 0.6) is 0 Å². The van der Waals surface area contributed by atoms with Crippen molar-refractivity contribution in [3.8, 4) is 0 Å². The van der Waals surface area contributed by atoms with E-state index in [2.05, 4.69) is 10.3 Å². The number of rotatable bonds is 4. The molecule has 0 unspecified atom stereocenters. The maximum atomic E-state index is 11.8. The Labute approximate surface area is 121 Å². The van der Waals surface area contributed by atoms with Crippen LogP contribution in [0.25, 0.3) is 0 Å². The number of carbonyl (C=O) groups is 1. The van der Waals surface area contributed by atoms with Crippen LogP contribution in [0.1, 0.15) is 27.9 Å². The molecule has 0 fully saturated rings. The van der Waals surface area contributed by atoms with Gasteiger partial charge in [0, 0.05) is 6.07 Å². The molecule has 0 atom stereocenters. The minimum atomic E-state index is -0.285. The van der Waals surface area contributed by atoms with Crippen LogP contribution in [0.2, 0.25) is 0 Å². The average Bonchev–Trinajstić information content (AvgIpc) is 3.05. The molecule has 0 bridgehead atoms. The van der Waals surface area contributed by atoms with Gasteiger partial charge in [0.25, 0.3) is 0 Å². The Kier molecular flexibility index (Phi) is 4.57. The van der Waals surface area contributed by atoms with Crippen LogP contribution in [0, 0.1) is 6.92 Å². The first-order chi connectivity index (χ1) is 9.65. The Bertz CT molecular complexity index is 614. The molecule has 2 aromatic heterocycles. The van der Waals surface area contributed by atoms with Crippen LogP contribution >= 0.6 is 11.3 Å². The van der Waals surface area contributed by atoms with Crippen LogP contribution < -0.4 is 10.3 Å². The van der Waals surface area contributed by atoms with Crippen molar-refractivity contribution >= 4 is 28.1 Å². The Balaban J connectivity index is 2.18. The zero-order valence-corrected chi connectivity index (χ0v) is 12.5. The van der Waals surface area contributed by atoms with E-state index in [9.17, 15) is 4.79 Å². The van der Waals surface area contributed by atoms with Crippen LogP contribution in [0.3, 0.4) is 0 Å². The zero-order valence-electron chi connectivity index (χ0n) is 11.6. The summed E-state index contributed by atoms with van der Waals surface area (Å²) in [6.07, 6.45) is 1.61. The third kappa shape index (κ3) is 3.08. The van der Waals surface area contributed by atoms with Crippen LogP contribution in [-0.2, 0) is 4.74 Å². The van der Waals surface area contributed by atoms with E-state index in [4.69, 9.17) is 9.15 Å². The molecule has 0 saturated carbocycles. The van der Waals surface area contributed by atoms with E-state index in [1.807, 2.05) is 25.1 Å². The second-order valence-corrected chi connectivity index (χ2v) is 5.12. The number of esters is 1. The summed E-state index contributed by atoms with van der Waals surface area (Å²) in [5.41, 5.74) is 0.894. The van der Waals surface area contributed by atoms with E-state index in [0.717, 1.165) is 16.4 Å². The molecule has 0 saturated heterocycles. The zero-order chi connectivity index (χ0) is 14.5. The van der Waals surface area contributed by atoms with Crippen LogP contribution in [0.4, 0.5) is 5.00 Å². The van der Waals surface area contributed by atoms with Crippen molar-refractivity contribution in [2.75, 3.05) is 19.0 Å². The van der Waals surface area contributed by atoms with E-state index in [-0.39, 0.29) is 5.97 Å². The molecule has 0 aliphatic rings. The van der Waals surface area contributed by atoms with E-state index in [1.54, 1.807) is 20.2 Å². The highest BCUT2D eigenvalue weighted by atomic mass is 32.1. The number of ether oxygens (including phenoxy) is 1. The summed E-state index contributed by atoms with van der Waals surface area (Å²) in [6, 6.07) is 5.58. The van der Waals surface area contributed by atoms with Gasteiger partial charge in [-0.3, -0.25) is 4.99 Å². The monoisotopic (exact) mass is 293 g/mol. The first-order valence-electron chi connectivity index (χ1n) is 6.28. The molecule has 106 valence electrons. The number of amidine groups is 1. The molecule has 0 amide bonds. The predicted molar refractivity (Wildman–Crippen MR) is 78.3 cm³/mol. The Morgan fingerprint density at radius 3 is 2.95 bits per heavy atom. The molecular formula is C14H17N2O3S+. The lowest BCUT2D eigenvalue weighted by atomic mass is 10.3. The minimum Gasteiger partial charge on any atom is -0.462 e. The van der Waals surface area contributed by atoms with Crippen LogP contribution in [-0.4, -0.2) is 25.5 Å². The predicted octanol–water partition coefficient (Wildman–Crippen LogP) is 1.40. The largest absolute Gasteiger partial charge is 0.462 e. The normalized spacial score (nSPS) is 11.4. The van der Waals surface area contributed by atoms with Gasteiger partial charge in [-0.2, -0.15) is 0 Å². The van der Waals surface area contributed by atoms with Crippen molar-refractivity contribution in [3.05, 3.63) is 40.7 Å². The van der Waals surface area contributed by atoms with Crippen molar-refractivity contribution < 1.29 is 18.9 Å². The van der Waals surface area contributed by atoms with Crippen LogP contribution in [0.15, 0.2) is 28.9 Å². The second-order valence-electron chi connectivity index (χ2n) is 4.07. The molecule has 0 aliphatic heterocycles. The molecule has 0 aliphatic carbocycles. The van der Waals surface area contributed by atoms with E-state index in [0.29, 0.717) is 17.2 Å².